The molecule has 12 heavy (non-hydrogen) atoms. The van der Waals surface area contributed by atoms with E-state index in [2.05, 4.69) is 0 Å². The topological polar surface area (TPSA) is 55.8 Å². The lowest BCUT2D eigenvalue weighted by molar-refractivity contribution is -0.128. The summed E-state index contributed by atoms with van der Waals surface area (Å²) in [5.41, 5.74) is 0. The maximum Gasteiger partial charge on any atom is 0.160 e. The van der Waals surface area contributed by atoms with Crippen LogP contribution in [0.15, 0.2) is 0 Å². The lowest BCUT2D eigenvalue weighted by Crippen LogP contribution is -2.24. The number of carbonyl (C=O) groups excluding carboxylic acids is 1. The van der Waals surface area contributed by atoms with Gasteiger partial charge in [0.1, 0.15) is 6.10 Å². The van der Waals surface area contributed by atoms with Gasteiger partial charge >= 0.3 is 0 Å². The summed E-state index contributed by atoms with van der Waals surface area (Å²) in [5, 5.41) is 8.97. The van der Waals surface area contributed by atoms with Crippen molar-refractivity contribution in [3.63, 3.8) is 0 Å². The van der Waals surface area contributed by atoms with Crippen molar-refractivity contribution in [3.05, 3.63) is 0 Å². The zero-order chi connectivity index (χ0) is 9.40. The first kappa shape index (κ1) is 11.6. The fourth-order valence-electron chi connectivity index (χ4n) is 0.575. The summed E-state index contributed by atoms with van der Waals surface area (Å²) in [6, 6.07) is 0. The van der Waals surface area contributed by atoms with Crippen molar-refractivity contribution in [1.82, 2.24) is 0 Å². The fourth-order valence-corrected chi connectivity index (χ4v) is 0.575. The maximum atomic E-state index is 10.5. The summed E-state index contributed by atoms with van der Waals surface area (Å²) in [6.45, 7) is 4.85. The van der Waals surface area contributed by atoms with Gasteiger partial charge in [0.15, 0.2) is 5.78 Å². The monoisotopic (exact) mass is 176 g/mol. The molecule has 0 saturated carbocycles. The van der Waals surface area contributed by atoms with Gasteiger partial charge in [0.25, 0.3) is 0 Å². The lowest BCUT2D eigenvalue weighted by Gasteiger charge is -2.07. The molecule has 0 aromatic rings. The highest BCUT2D eigenvalue weighted by atomic mass is 16.5. The van der Waals surface area contributed by atoms with Crippen LogP contribution in [0.4, 0.5) is 0 Å². The molecule has 4 heteroatoms. The van der Waals surface area contributed by atoms with Gasteiger partial charge in [-0.15, -0.1) is 0 Å². The van der Waals surface area contributed by atoms with E-state index in [1.54, 1.807) is 0 Å². The van der Waals surface area contributed by atoms with E-state index >= 15 is 0 Å². The summed E-state index contributed by atoms with van der Waals surface area (Å²) < 4.78 is 9.95. The summed E-state index contributed by atoms with van der Waals surface area (Å²) in [7, 11) is 0. The molecule has 1 unspecified atom stereocenters. The van der Waals surface area contributed by atoms with E-state index in [0.29, 0.717) is 19.8 Å². The first-order valence-corrected chi connectivity index (χ1v) is 4.02. The molecule has 0 bridgehead atoms. The largest absolute Gasteiger partial charge is 0.383 e. The first-order chi connectivity index (χ1) is 5.68. The van der Waals surface area contributed by atoms with Crippen molar-refractivity contribution in [2.24, 2.45) is 0 Å². The van der Waals surface area contributed by atoms with Crippen LogP contribution in [0.3, 0.4) is 0 Å². The number of hydrogen-bond acceptors (Lipinski definition) is 4. The van der Waals surface area contributed by atoms with Crippen molar-refractivity contribution in [1.29, 1.82) is 0 Å². The second kappa shape index (κ2) is 7.21. The van der Waals surface area contributed by atoms with E-state index in [0.717, 1.165) is 0 Å². The molecular formula is C8H16O4. The van der Waals surface area contributed by atoms with Gasteiger partial charge < -0.3 is 14.6 Å². The van der Waals surface area contributed by atoms with Crippen LogP contribution in [0.25, 0.3) is 0 Å². The van der Waals surface area contributed by atoms with E-state index in [-0.39, 0.29) is 12.4 Å². The van der Waals surface area contributed by atoms with Crippen LogP contribution in [0.2, 0.25) is 0 Å². The van der Waals surface area contributed by atoms with Crippen LogP contribution in [0.5, 0.6) is 0 Å². The van der Waals surface area contributed by atoms with E-state index in [1.165, 1.54) is 6.92 Å². The number of ether oxygens (including phenoxy) is 2. The smallest absolute Gasteiger partial charge is 0.160 e. The van der Waals surface area contributed by atoms with Crippen LogP contribution in [0.1, 0.15) is 13.8 Å². The van der Waals surface area contributed by atoms with E-state index in [1.807, 2.05) is 6.92 Å². The van der Waals surface area contributed by atoms with Crippen molar-refractivity contribution < 1.29 is 19.4 Å². The molecule has 0 fully saturated rings. The Balaban J connectivity index is 3.14. The fraction of sp³-hybridized carbons (Fsp3) is 0.875. The van der Waals surface area contributed by atoms with Gasteiger partial charge in [0.05, 0.1) is 19.8 Å². The molecule has 4 nitrogen and oxygen atoms in total. The third-order valence-corrected chi connectivity index (χ3v) is 1.32. The zero-order valence-electron chi connectivity index (χ0n) is 7.58. The number of hydrogen-bond donors (Lipinski definition) is 1. The Bertz CT molecular complexity index is 124. The van der Waals surface area contributed by atoms with Crippen LogP contribution in [0, 0.1) is 0 Å². The van der Waals surface area contributed by atoms with Crippen molar-refractivity contribution in [2.45, 2.75) is 20.0 Å². The highest BCUT2D eigenvalue weighted by molar-refractivity contribution is 5.80. The van der Waals surface area contributed by atoms with Gasteiger partial charge in [-0.25, -0.2) is 0 Å². The number of aliphatic hydroxyl groups excluding tert-OH is 1. The van der Waals surface area contributed by atoms with E-state index in [4.69, 9.17) is 14.6 Å². The zero-order valence-corrected chi connectivity index (χ0v) is 7.58. The molecular weight excluding hydrogens is 160 g/mol. The molecule has 0 aromatic carbocycles. The lowest BCUT2D eigenvalue weighted by atomic mass is 10.3. The minimum Gasteiger partial charge on any atom is -0.383 e. The Hall–Kier alpha value is -0.450. The van der Waals surface area contributed by atoms with Crippen molar-refractivity contribution >= 4 is 5.78 Å². The van der Waals surface area contributed by atoms with Crippen LogP contribution < -0.4 is 0 Å². The molecule has 0 spiro atoms. The molecule has 72 valence electrons. The highest BCUT2D eigenvalue weighted by Gasteiger charge is 2.08. The number of aliphatic hydroxyl groups is 1. The molecule has 0 radical (unpaired) electrons. The van der Waals surface area contributed by atoms with E-state index in [9.17, 15) is 4.79 Å². The Morgan fingerprint density at radius 3 is 2.50 bits per heavy atom. The molecule has 0 aliphatic rings. The highest BCUT2D eigenvalue weighted by Crippen LogP contribution is 1.87. The maximum absolute atomic E-state index is 10.5. The molecule has 0 saturated heterocycles. The minimum atomic E-state index is -0.994. The minimum absolute atomic E-state index is 0.0579. The molecule has 0 amide bonds. The quantitative estimate of drug-likeness (QED) is 0.554. The predicted molar refractivity (Wildman–Crippen MR) is 44.0 cm³/mol. The second-order valence-corrected chi connectivity index (χ2v) is 2.40. The molecule has 0 heterocycles. The van der Waals surface area contributed by atoms with Gasteiger partial charge in [0, 0.05) is 6.61 Å². The van der Waals surface area contributed by atoms with Gasteiger partial charge in [-0.05, 0) is 13.8 Å². The molecule has 0 aliphatic heterocycles. The first-order valence-electron chi connectivity index (χ1n) is 4.02. The summed E-state index contributed by atoms with van der Waals surface area (Å²) >= 11 is 0. The Kier molecular flexibility index (Phi) is 6.94. The van der Waals surface area contributed by atoms with Crippen molar-refractivity contribution in [3.8, 4) is 0 Å². The van der Waals surface area contributed by atoms with Gasteiger partial charge in [0.2, 0.25) is 0 Å². The standard InChI is InChI=1S/C8H16O4/c1-3-11-4-5-12-6-8(10)7(2)9/h8,10H,3-6H2,1-2H3. The molecule has 0 aliphatic carbocycles. The third kappa shape index (κ3) is 6.27. The molecule has 0 rings (SSSR count). The Morgan fingerprint density at radius 1 is 1.42 bits per heavy atom. The number of Topliss-reactive ketones (excluding diaryl/α,β-unsaturated/α-hetero) is 1. The Labute approximate surface area is 72.5 Å². The molecule has 1 N–H and O–H groups in total. The third-order valence-electron chi connectivity index (χ3n) is 1.32. The summed E-state index contributed by atoms with van der Waals surface area (Å²) in [4.78, 5) is 10.5. The number of carbonyl (C=O) groups is 1. The summed E-state index contributed by atoms with van der Waals surface area (Å²) in [6.07, 6.45) is -0.994. The average Bonchev–Trinajstić information content (AvgIpc) is 2.03. The van der Waals surface area contributed by atoms with E-state index < -0.39 is 6.10 Å². The van der Waals surface area contributed by atoms with Crippen LogP contribution in [-0.4, -0.2) is 43.4 Å². The number of ketones is 1. The van der Waals surface area contributed by atoms with Gasteiger partial charge in [-0.1, -0.05) is 0 Å². The normalized spacial score (nSPS) is 12.9. The SMILES string of the molecule is CCOCCOCC(O)C(C)=O. The predicted octanol–water partition coefficient (Wildman–Crippen LogP) is -0.0106. The van der Waals surface area contributed by atoms with Crippen LogP contribution >= 0.6 is 0 Å². The van der Waals surface area contributed by atoms with Crippen LogP contribution in [-0.2, 0) is 14.3 Å². The van der Waals surface area contributed by atoms with Gasteiger partial charge in [-0.3, -0.25) is 4.79 Å². The molecule has 1 atom stereocenters. The second-order valence-electron chi connectivity index (χ2n) is 2.40. The van der Waals surface area contributed by atoms with Crippen molar-refractivity contribution in [2.75, 3.05) is 26.4 Å². The average molecular weight is 176 g/mol. The number of rotatable bonds is 7. The molecule has 0 aromatic heterocycles. The Morgan fingerprint density at radius 2 is 2.00 bits per heavy atom. The van der Waals surface area contributed by atoms with Gasteiger partial charge in [-0.2, -0.15) is 0 Å². The summed E-state index contributed by atoms with van der Waals surface area (Å²) in [5.74, 6) is -0.272.